The minimum atomic E-state index is -0.660. The fourth-order valence-corrected chi connectivity index (χ4v) is 1.30. The molecule has 0 spiro atoms. The molecule has 0 aliphatic heterocycles. The van der Waals surface area contributed by atoms with Gasteiger partial charge >= 0.3 is 0 Å². The van der Waals surface area contributed by atoms with Gasteiger partial charge in [-0.25, -0.2) is 0 Å². The van der Waals surface area contributed by atoms with Gasteiger partial charge < -0.3 is 15.7 Å². The highest BCUT2D eigenvalue weighted by molar-refractivity contribution is 5.77. The lowest BCUT2D eigenvalue weighted by Crippen LogP contribution is -2.35. The van der Waals surface area contributed by atoms with Crippen LogP contribution in [-0.2, 0) is 4.79 Å². The van der Waals surface area contributed by atoms with Gasteiger partial charge in [0.15, 0.2) is 0 Å². The number of likely N-dealkylation sites (N-methyl/N-ethyl adjacent to an activating group) is 1. The second-order valence-electron chi connectivity index (χ2n) is 3.40. The van der Waals surface area contributed by atoms with E-state index < -0.39 is 6.10 Å². The van der Waals surface area contributed by atoms with Crippen molar-refractivity contribution in [3.05, 3.63) is 35.9 Å². The summed E-state index contributed by atoms with van der Waals surface area (Å²) in [6.45, 7) is 0.234. The predicted molar refractivity (Wildman–Crippen MR) is 58.1 cm³/mol. The monoisotopic (exact) mass is 208 g/mol. The maximum Gasteiger partial charge on any atom is 0.236 e. The maximum atomic E-state index is 11.2. The third-order valence-corrected chi connectivity index (χ3v) is 2.23. The van der Waals surface area contributed by atoms with Crippen molar-refractivity contribution in [2.24, 2.45) is 5.73 Å². The second kappa shape index (κ2) is 5.48. The Labute approximate surface area is 89.3 Å². The smallest absolute Gasteiger partial charge is 0.236 e. The summed E-state index contributed by atoms with van der Waals surface area (Å²) >= 11 is 0. The van der Waals surface area contributed by atoms with Crippen LogP contribution in [0.25, 0.3) is 0 Å². The van der Waals surface area contributed by atoms with Crippen molar-refractivity contribution in [3.63, 3.8) is 0 Å². The molecule has 0 aliphatic rings. The Morgan fingerprint density at radius 3 is 2.60 bits per heavy atom. The minimum absolute atomic E-state index is 0.0298. The van der Waals surface area contributed by atoms with Crippen molar-refractivity contribution >= 4 is 5.91 Å². The normalized spacial score (nSPS) is 12.2. The maximum absolute atomic E-state index is 11.2. The first-order valence-electron chi connectivity index (χ1n) is 4.82. The average molecular weight is 208 g/mol. The Bertz CT molecular complexity index is 314. The summed E-state index contributed by atoms with van der Waals surface area (Å²) in [4.78, 5) is 12.6. The molecule has 15 heavy (non-hydrogen) atoms. The molecule has 1 atom stereocenters. The summed E-state index contributed by atoms with van der Waals surface area (Å²) in [6, 6.07) is 9.23. The van der Waals surface area contributed by atoms with Gasteiger partial charge in [0.2, 0.25) is 5.91 Å². The Kier molecular flexibility index (Phi) is 4.27. The van der Waals surface area contributed by atoms with E-state index in [0.717, 1.165) is 5.56 Å². The van der Waals surface area contributed by atoms with E-state index in [-0.39, 0.29) is 19.0 Å². The average Bonchev–Trinajstić information content (AvgIpc) is 2.29. The molecule has 0 saturated heterocycles. The molecule has 0 aliphatic carbocycles. The van der Waals surface area contributed by atoms with Crippen LogP contribution in [0.5, 0.6) is 0 Å². The molecule has 82 valence electrons. The Morgan fingerprint density at radius 1 is 1.47 bits per heavy atom. The quantitative estimate of drug-likeness (QED) is 0.739. The number of carbonyl (C=O) groups excluding carboxylic acids is 1. The molecule has 0 aromatic heterocycles. The van der Waals surface area contributed by atoms with Gasteiger partial charge in [-0.2, -0.15) is 0 Å². The first kappa shape index (κ1) is 11.7. The number of nitrogens with zero attached hydrogens (tertiary/aromatic N) is 1. The van der Waals surface area contributed by atoms with Crippen LogP contribution in [0.1, 0.15) is 11.7 Å². The number of hydrogen-bond acceptors (Lipinski definition) is 3. The molecular formula is C11H16N2O2. The Morgan fingerprint density at radius 2 is 2.07 bits per heavy atom. The predicted octanol–water partition coefficient (Wildman–Crippen LogP) is 0.137. The molecule has 4 heteroatoms. The van der Waals surface area contributed by atoms with Gasteiger partial charge in [-0.05, 0) is 5.56 Å². The van der Waals surface area contributed by atoms with Crippen molar-refractivity contribution in [1.29, 1.82) is 0 Å². The van der Waals surface area contributed by atoms with Crippen molar-refractivity contribution < 1.29 is 9.90 Å². The molecule has 4 nitrogen and oxygen atoms in total. The molecule has 0 radical (unpaired) electrons. The number of nitrogens with two attached hydrogens (primary N) is 1. The first-order chi connectivity index (χ1) is 7.15. The fraction of sp³-hybridized carbons (Fsp3) is 0.364. The lowest BCUT2D eigenvalue weighted by molar-refractivity contribution is -0.129. The standard InChI is InChI=1S/C11H16N2O2/c1-13(11(15)7-12)8-10(14)9-5-3-2-4-6-9/h2-6,10,14H,7-8,12H2,1H3/t10-/m0/s1. The number of hydrogen-bond donors (Lipinski definition) is 2. The van der Waals surface area contributed by atoms with Gasteiger partial charge in [0.25, 0.3) is 0 Å². The summed E-state index contributed by atoms with van der Waals surface area (Å²) in [5, 5.41) is 9.80. The number of rotatable bonds is 4. The Hall–Kier alpha value is -1.39. The molecule has 0 fully saturated rings. The highest BCUT2D eigenvalue weighted by Gasteiger charge is 2.13. The van der Waals surface area contributed by atoms with E-state index in [2.05, 4.69) is 0 Å². The van der Waals surface area contributed by atoms with Crippen molar-refractivity contribution in [1.82, 2.24) is 4.90 Å². The topological polar surface area (TPSA) is 66.6 Å². The van der Waals surface area contributed by atoms with Crippen LogP contribution in [0.2, 0.25) is 0 Å². The number of carbonyl (C=O) groups is 1. The lowest BCUT2D eigenvalue weighted by atomic mass is 10.1. The Balaban J connectivity index is 2.56. The summed E-state index contributed by atoms with van der Waals surface area (Å²) < 4.78 is 0. The van der Waals surface area contributed by atoms with Crippen molar-refractivity contribution in [2.75, 3.05) is 20.1 Å². The van der Waals surface area contributed by atoms with E-state index in [9.17, 15) is 9.90 Å². The van der Waals surface area contributed by atoms with Crippen LogP contribution < -0.4 is 5.73 Å². The van der Waals surface area contributed by atoms with Crippen LogP contribution >= 0.6 is 0 Å². The zero-order valence-corrected chi connectivity index (χ0v) is 8.76. The number of amides is 1. The molecule has 0 heterocycles. The summed E-state index contributed by atoms with van der Waals surface area (Å²) in [5.74, 6) is -0.176. The summed E-state index contributed by atoms with van der Waals surface area (Å²) in [7, 11) is 1.63. The summed E-state index contributed by atoms with van der Waals surface area (Å²) in [5.41, 5.74) is 6.01. The fourth-order valence-electron chi connectivity index (χ4n) is 1.30. The second-order valence-corrected chi connectivity index (χ2v) is 3.40. The van der Waals surface area contributed by atoms with Gasteiger partial charge in [-0.3, -0.25) is 4.79 Å². The van der Waals surface area contributed by atoms with Crippen molar-refractivity contribution in [2.45, 2.75) is 6.10 Å². The molecular weight excluding hydrogens is 192 g/mol. The van der Waals surface area contributed by atoms with Gasteiger partial charge in [-0.15, -0.1) is 0 Å². The van der Waals surface area contributed by atoms with Gasteiger partial charge in [0, 0.05) is 7.05 Å². The molecule has 1 aromatic rings. The van der Waals surface area contributed by atoms with Gasteiger partial charge in [-0.1, -0.05) is 30.3 Å². The number of aliphatic hydroxyl groups is 1. The van der Waals surface area contributed by atoms with E-state index in [1.807, 2.05) is 30.3 Å². The highest BCUT2D eigenvalue weighted by atomic mass is 16.3. The first-order valence-corrected chi connectivity index (χ1v) is 4.82. The van der Waals surface area contributed by atoms with E-state index >= 15 is 0 Å². The van der Waals surface area contributed by atoms with Crippen LogP contribution in [0, 0.1) is 0 Å². The zero-order chi connectivity index (χ0) is 11.3. The minimum Gasteiger partial charge on any atom is -0.387 e. The van der Waals surface area contributed by atoms with Crippen LogP contribution in [-0.4, -0.2) is 36.1 Å². The molecule has 1 amide bonds. The molecule has 0 saturated carbocycles. The number of aliphatic hydroxyl groups excluding tert-OH is 1. The van der Waals surface area contributed by atoms with Crippen LogP contribution in [0.15, 0.2) is 30.3 Å². The third-order valence-electron chi connectivity index (χ3n) is 2.23. The van der Waals surface area contributed by atoms with Crippen LogP contribution in [0.3, 0.4) is 0 Å². The van der Waals surface area contributed by atoms with Gasteiger partial charge in [0.1, 0.15) is 0 Å². The zero-order valence-electron chi connectivity index (χ0n) is 8.76. The lowest BCUT2D eigenvalue weighted by Gasteiger charge is -2.20. The summed E-state index contributed by atoms with van der Waals surface area (Å²) in [6.07, 6.45) is -0.660. The molecule has 3 N–H and O–H groups in total. The molecule has 0 bridgehead atoms. The SMILES string of the molecule is CN(C[C@H](O)c1ccccc1)C(=O)CN. The van der Waals surface area contributed by atoms with Gasteiger partial charge in [0.05, 0.1) is 19.2 Å². The van der Waals surface area contributed by atoms with E-state index in [4.69, 9.17) is 5.73 Å². The number of benzene rings is 1. The molecule has 1 rings (SSSR count). The van der Waals surface area contributed by atoms with E-state index in [1.54, 1.807) is 7.05 Å². The molecule has 0 unspecified atom stereocenters. The van der Waals surface area contributed by atoms with Crippen molar-refractivity contribution in [3.8, 4) is 0 Å². The van der Waals surface area contributed by atoms with E-state index in [1.165, 1.54) is 4.90 Å². The highest BCUT2D eigenvalue weighted by Crippen LogP contribution is 2.12. The third kappa shape index (κ3) is 3.34. The van der Waals surface area contributed by atoms with E-state index in [0.29, 0.717) is 0 Å². The molecule has 1 aromatic carbocycles. The van der Waals surface area contributed by atoms with Crippen LogP contribution in [0.4, 0.5) is 0 Å². The largest absolute Gasteiger partial charge is 0.387 e.